The SMILES string of the molecule is CCC(C(=O)NCCCc1ccc(OC)cc1)N(c1cccc(OC)c1)S(C)(=O)=O. The first-order valence-corrected chi connectivity index (χ1v) is 11.7. The van der Waals surface area contributed by atoms with E-state index in [0.717, 1.165) is 34.7 Å². The highest BCUT2D eigenvalue weighted by molar-refractivity contribution is 7.92. The topological polar surface area (TPSA) is 84.9 Å². The second-order valence-corrected chi connectivity index (χ2v) is 8.79. The van der Waals surface area contributed by atoms with E-state index in [1.165, 1.54) is 7.11 Å². The molecule has 7 nitrogen and oxygen atoms in total. The number of ether oxygens (including phenoxy) is 2. The molecule has 0 saturated heterocycles. The summed E-state index contributed by atoms with van der Waals surface area (Å²) in [5.74, 6) is 1.01. The second-order valence-electron chi connectivity index (χ2n) is 6.93. The summed E-state index contributed by atoms with van der Waals surface area (Å²) in [7, 11) is -0.539. The molecular formula is C22H30N2O5S. The van der Waals surface area contributed by atoms with Crippen molar-refractivity contribution in [1.29, 1.82) is 0 Å². The molecule has 2 rings (SSSR count). The van der Waals surface area contributed by atoms with Crippen molar-refractivity contribution in [2.75, 3.05) is 31.3 Å². The van der Waals surface area contributed by atoms with Gasteiger partial charge in [0.2, 0.25) is 15.9 Å². The van der Waals surface area contributed by atoms with Gasteiger partial charge in [0.25, 0.3) is 0 Å². The average molecular weight is 435 g/mol. The van der Waals surface area contributed by atoms with Gasteiger partial charge in [0.05, 0.1) is 26.2 Å². The number of rotatable bonds is 11. The minimum atomic E-state index is -3.67. The molecule has 1 N–H and O–H groups in total. The number of methoxy groups -OCH3 is 2. The molecule has 0 heterocycles. The second kappa shape index (κ2) is 10.9. The lowest BCUT2D eigenvalue weighted by atomic mass is 10.1. The number of aryl methyl sites for hydroxylation is 1. The molecule has 0 aromatic heterocycles. The van der Waals surface area contributed by atoms with Crippen LogP contribution in [0.1, 0.15) is 25.3 Å². The van der Waals surface area contributed by atoms with Gasteiger partial charge in [0.15, 0.2) is 0 Å². The van der Waals surface area contributed by atoms with E-state index in [4.69, 9.17) is 9.47 Å². The molecule has 0 aliphatic rings. The van der Waals surface area contributed by atoms with Crippen molar-refractivity contribution < 1.29 is 22.7 Å². The lowest BCUT2D eigenvalue weighted by Crippen LogP contribution is -2.49. The minimum absolute atomic E-state index is 0.319. The van der Waals surface area contributed by atoms with Crippen LogP contribution in [0, 0.1) is 0 Å². The number of amides is 1. The van der Waals surface area contributed by atoms with E-state index < -0.39 is 16.1 Å². The summed E-state index contributed by atoms with van der Waals surface area (Å²) in [5, 5.41) is 2.88. The Morgan fingerprint density at radius 1 is 1.07 bits per heavy atom. The van der Waals surface area contributed by atoms with Gasteiger partial charge in [-0.1, -0.05) is 25.1 Å². The molecule has 0 aliphatic carbocycles. The van der Waals surface area contributed by atoms with Crippen LogP contribution < -0.4 is 19.1 Å². The zero-order chi connectivity index (χ0) is 22.1. The van der Waals surface area contributed by atoms with Crippen LogP contribution in [0.5, 0.6) is 11.5 Å². The Balaban J connectivity index is 2.04. The van der Waals surface area contributed by atoms with Gasteiger partial charge in [0, 0.05) is 12.6 Å². The predicted molar refractivity (Wildman–Crippen MR) is 119 cm³/mol. The van der Waals surface area contributed by atoms with E-state index in [2.05, 4.69) is 5.32 Å². The molecule has 0 spiro atoms. The maximum absolute atomic E-state index is 12.8. The molecule has 0 fully saturated rings. The molecule has 2 aromatic carbocycles. The Labute approximate surface area is 179 Å². The first-order chi connectivity index (χ1) is 14.3. The Morgan fingerprint density at radius 3 is 2.30 bits per heavy atom. The number of hydrogen-bond acceptors (Lipinski definition) is 5. The third-order valence-electron chi connectivity index (χ3n) is 4.74. The number of benzene rings is 2. The Morgan fingerprint density at radius 2 is 1.73 bits per heavy atom. The Bertz CT molecular complexity index is 929. The highest BCUT2D eigenvalue weighted by Gasteiger charge is 2.31. The third-order valence-corrected chi connectivity index (χ3v) is 5.92. The van der Waals surface area contributed by atoms with E-state index in [1.807, 2.05) is 24.3 Å². The normalized spacial score (nSPS) is 12.1. The molecular weight excluding hydrogens is 404 g/mol. The predicted octanol–water partition coefficient (Wildman–Crippen LogP) is 3.00. The molecule has 0 bridgehead atoms. The highest BCUT2D eigenvalue weighted by atomic mass is 32.2. The van der Waals surface area contributed by atoms with Crippen molar-refractivity contribution in [3.05, 3.63) is 54.1 Å². The zero-order valence-electron chi connectivity index (χ0n) is 17.9. The van der Waals surface area contributed by atoms with Crippen LogP contribution in [-0.4, -0.2) is 47.4 Å². The van der Waals surface area contributed by atoms with E-state index in [1.54, 1.807) is 38.3 Å². The van der Waals surface area contributed by atoms with Gasteiger partial charge in [-0.15, -0.1) is 0 Å². The summed E-state index contributed by atoms with van der Waals surface area (Å²) in [6, 6.07) is 13.6. The van der Waals surface area contributed by atoms with Gasteiger partial charge in [-0.25, -0.2) is 8.42 Å². The first-order valence-electron chi connectivity index (χ1n) is 9.84. The monoisotopic (exact) mass is 434 g/mol. The molecule has 30 heavy (non-hydrogen) atoms. The van der Waals surface area contributed by atoms with Crippen molar-refractivity contribution >= 4 is 21.6 Å². The summed E-state index contributed by atoms with van der Waals surface area (Å²) in [5.41, 5.74) is 1.54. The van der Waals surface area contributed by atoms with Gasteiger partial charge in [0.1, 0.15) is 17.5 Å². The number of sulfonamides is 1. The number of anilines is 1. The van der Waals surface area contributed by atoms with Crippen molar-refractivity contribution in [3.63, 3.8) is 0 Å². The third kappa shape index (κ3) is 6.38. The smallest absolute Gasteiger partial charge is 0.243 e. The number of carbonyl (C=O) groups is 1. The van der Waals surface area contributed by atoms with Crippen molar-refractivity contribution in [2.24, 2.45) is 0 Å². The fourth-order valence-electron chi connectivity index (χ4n) is 3.22. The van der Waals surface area contributed by atoms with Crippen LogP contribution in [0.25, 0.3) is 0 Å². The molecule has 0 radical (unpaired) electrons. The van der Waals surface area contributed by atoms with E-state index in [-0.39, 0.29) is 5.91 Å². The van der Waals surface area contributed by atoms with Gasteiger partial charge in [-0.2, -0.15) is 0 Å². The van der Waals surface area contributed by atoms with E-state index in [0.29, 0.717) is 24.4 Å². The molecule has 0 saturated carbocycles. The first kappa shape index (κ1) is 23.5. The van der Waals surface area contributed by atoms with Crippen molar-refractivity contribution in [3.8, 4) is 11.5 Å². The fraction of sp³-hybridized carbons (Fsp3) is 0.409. The fourth-order valence-corrected chi connectivity index (χ4v) is 4.43. The molecule has 0 aliphatic heterocycles. The van der Waals surface area contributed by atoms with Crippen LogP contribution in [0.4, 0.5) is 5.69 Å². The zero-order valence-corrected chi connectivity index (χ0v) is 18.7. The van der Waals surface area contributed by atoms with Gasteiger partial charge in [-0.05, 0) is 49.1 Å². The molecule has 1 amide bonds. The number of nitrogens with one attached hydrogen (secondary N) is 1. The lowest BCUT2D eigenvalue weighted by Gasteiger charge is -2.30. The van der Waals surface area contributed by atoms with Gasteiger partial charge < -0.3 is 14.8 Å². The summed E-state index contributed by atoms with van der Waals surface area (Å²) >= 11 is 0. The molecule has 2 aromatic rings. The number of hydrogen-bond donors (Lipinski definition) is 1. The van der Waals surface area contributed by atoms with E-state index in [9.17, 15) is 13.2 Å². The van der Waals surface area contributed by atoms with Crippen molar-refractivity contribution in [1.82, 2.24) is 5.32 Å². The van der Waals surface area contributed by atoms with Crippen LogP contribution in [-0.2, 0) is 21.2 Å². The minimum Gasteiger partial charge on any atom is -0.497 e. The van der Waals surface area contributed by atoms with Crippen LogP contribution in [0.2, 0.25) is 0 Å². The maximum atomic E-state index is 12.8. The van der Waals surface area contributed by atoms with Crippen molar-refractivity contribution in [2.45, 2.75) is 32.2 Å². The van der Waals surface area contributed by atoms with E-state index >= 15 is 0 Å². The summed E-state index contributed by atoms with van der Waals surface area (Å²) < 4.78 is 36.5. The average Bonchev–Trinajstić information content (AvgIpc) is 2.74. The maximum Gasteiger partial charge on any atom is 0.243 e. The summed E-state index contributed by atoms with van der Waals surface area (Å²) in [4.78, 5) is 12.8. The molecule has 1 atom stereocenters. The molecule has 164 valence electrons. The Hall–Kier alpha value is -2.74. The van der Waals surface area contributed by atoms with Gasteiger partial charge >= 0.3 is 0 Å². The van der Waals surface area contributed by atoms with Crippen LogP contribution in [0.3, 0.4) is 0 Å². The lowest BCUT2D eigenvalue weighted by molar-refractivity contribution is -0.122. The number of carbonyl (C=O) groups excluding carboxylic acids is 1. The van der Waals surface area contributed by atoms with Crippen LogP contribution >= 0.6 is 0 Å². The van der Waals surface area contributed by atoms with Gasteiger partial charge in [-0.3, -0.25) is 9.10 Å². The molecule has 1 unspecified atom stereocenters. The van der Waals surface area contributed by atoms with Crippen LogP contribution in [0.15, 0.2) is 48.5 Å². The summed E-state index contributed by atoms with van der Waals surface area (Å²) in [6.07, 6.45) is 2.99. The molecule has 8 heteroatoms. The quantitative estimate of drug-likeness (QED) is 0.550. The largest absolute Gasteiger partial charge is 0.497 e. The Kier molecular flexibility index (Phi) is 8.53. The standard InChI is InChI=1S/C22H30N2O5S/c1-5-21(24(30(4,26)27)18-9-6-10-20(16-18)29-3)22(25)23-15-7-8-17-11-13-19(28-2)14-12-17/h6,9-14,16,21H,5,7-8,15H2,1-4H3,(H,23,25). The highest BCUT2D eigenvalue weighted by Crippen LogP contribution is 2.26. The number of nitrogens with zero attached hydrogens (tertiary/aromatic N) is 1. The summed E-state index contributed by atoms with van der Waals surface area (Å²) in [6.45, 7) is 2.25.